The van der Waals surface area contributed by atoms with Gasteiger partial charge < -0.3 is 0 Å². The van der Waals surface area contributed by atoms with Crippen molar-refractivity contribution in [1.29, 1.82) is 0 Å². The number of thioether (sulfide) groups is 1. The molecule has 3 nitrogen and oxygen atoms in total. The molecule has 1 unspecified atom stereocenters. The summed E-state index contributed by atoms with van der Waals surface area (Å²) >= 11 is 0.572. The Morgan fingerprint density at radius 1 is 1.37 bits per heavy atom. The third-order valence-corrected chi connectivity index (χ3v) is 3.16. The molecule has 0 saturated carbocycles. The van der Waals surface area contributed by atoms with E-state index in [0.29, 0.717) is 11.8 Å². The molecule has 104 valence electrons. The standard InChI is InChI=1S/C12H12F3NO2S/c1-2-19-11(18)8(12(13,14)15)7-10(17)9-5-3-4-6-16-9/h3-6,8H,2,7H2,1H3. The van der Waals surface area contributed by atoms with E-state index in [-0.39, 0.29) is 11.4 Å². The fraction of sp³-hybridized carbons (Fsp3) is 0.417. The third-order valence-electron chi connectivity index (χ3n) is 2.31. The Bertz CT molecular complexity index is 448. The Morgan fingerprint density at radius 3 is 2.53 bits per heavy atom. The lowest BCUT2D eigenvalue weighted by molar-refractivity contribution is -0.175. The van der Waals surface area contributed by atoms with Crippen LogP contribution in [0.1, 0.15) is 23.8 Å². The lowest BCUT2D eigenvalue weighted by atomic mass is 10.0. The average molecular weight is 291 g/mol. The van der Waals surface area contributed by atoms with E-state index in [1.54, 1.807) is 13.0 Å². The Morgan fingerprint density at radius 2 is 2.05 bits per heavy atom. The van der Waals surface area contributed by atoms with Crippen LogP contribution in [0.2, 0.25) is 0 Å². The highest BCUT2D eigenvalue weighted by atomic mass is 32.2. The normalized spacial score (nSPS) is 13.1. The van der Waals surface area contributed by atoms with Gasteiger partial charge in [-0.3, -0.25) is 14.6 Å². The minimum Gasteiger partial charge on any atom is -0.292 e. The summed E-state index contributed by atoms with van der Waals surface area (Å²) in [7, 11) is 0. The molecule has 0 bridgehead atoms. The number of carbonyl (C=O) groups is 2. The Balaban J connectivity index is 2.84. The molecule has 19 heavy (non-hydrogen) atoms. The summed E-state index contributed by atoms with van der Waals surface area (Å²) in [6.45, 7) is 1.58. The fourth-order valence-corrected chi connectivity index (χ4v) is 2.10. The van der Waals surface area contributed by atoms with Crippen molar-refractivity contribution in [2.24, 2.45) is 5.92 Å². The predicted octanol–water partition coefficient (Wildman–Crippen LogP) is 3.11. The second kappa shape index (κ2) is 6.70. The van der Waals surface area contributed by atoms with Crippen molar-refractivity contribution in [3.63, 3.8) is 0 Å². The van der Waals surface area contributed by atoms with Crippen molar-refractivity contribution < 1.29 is 22.8 Å². The first-order valence-electron chi connectivity index (χ1n) is 5.53. The largest absolute Gasteiger partial charge is 0.399 e. The molecule has 1 rings (SSSR count). The van der Waals surface area contributed by atoms with Gasteiger partial charge in [0, 0.05) is 12.6 Å². The Kier molecular flexibility index (Phi) is 5.53. The SMILES string of the molecule is CCSC(=O)C(CC(=O)c1ccccn1)C(F)(F)F. The second-order valence-electron chi connectivity index (χ2n) is 3.69. The number of hydrogen-bond donors (Lipinski definition) is 0. The molecule has 1 atom stereocenters. The van der Waals surface area contributed by atoms with Gasteiger partial charge in [-0.2, -0.15) is 13.2 Å². The molecule has 0 amide bonds. The quantitative estimate of drug-likeness (QED) is 0.782. The van der Waals surface area contributed by atoms with Gasteiger partial charge in [0.05, 0.1) is 0 Å². The van der Waals surface area contributed by atoms with Crippen LogP contribution in [0.4, 0.5) is 13.2 Å². The zero-order valence-electron chi connectivity index (χ0n) is 10.1. The van der Waals surface area contributed by atoms with Gasteiger partial charge in [-0.1, -0.05) is 24.8 Å². The topological polar surface area (TPSA) is 47.0 Å². The molecule has 1 aromatic rings. The fourth-order valence-electron chi connectivity index (χ4n) is 1.39. The summed E-state index contributed by atoms with van der Waals surface area (Å²) in [5.74, 6) is -2.82. The first kappa shape index (κ1) is 15.7. The molecule has 0 fully saturated rings. The van der Waals surface area contributed by atoms with Crippen LogP contribution in [-0.4, -0.2) is 27.8 Å². The summed E-state index contributed by atoms with van der Waals surface area (Å²) in [5.41, 5.74) is -0.0638. The van der Waals surface area contributed by atoms with E-state index < -0.39 is 29.4 Å². The highest BCUT2D eigenvalue weighted by molar-refractivity contribution is 8.13. The molecule has 0 aliphatic rings. The second-order valence-corrected chi connectivity index (χ2v) is 4.96. The molecule has 0 aliphatic carbocycles. The first-order valence-corrected chi connectivity index (χ1v) is 6.52. The number of alkyl halides is 3. The van der Waals surface area contributed by atoms with Crippen LogP contribution in [0, 0.1) is 5.92 Å². The molecule has 1 heterocycles. The van der Waals surface area contributed by atoms with E-state index >= 15 is 0 Å². The number of carbonyl (C=O) groups excluding carboxylic acids is 2. The summed E-state index contributed by atoms with van der Waals surface area (Å²) in [6.07, 6.45) is -4.30. The number of nitrogens with zero attached hydrogens (tertiary/aromatic N) is 1. The number of ketones is 1. The molecule has 0 aliphatic heterocycles. The summed E-state index contributed by atoms with van der Waals surface area (Å²) < 4.78 is 38.3. The van der Waals surface area contributed by atoms with E-state index in [1.165, 1.54) is 18.3 Å². The van der Waals surface area contributed by atoms with E-state index in [0.717, 1.165) is 0 Å². The number of pyridine rings is 1. The lowest BCUT2D eigenvalue weighted by Crippen LogP contribution is -2.31. The van der Waals surface area contributed by atoms with Crippen molar-refractivity contribution in [2.75, 3.05) is 5.75 Å². The van der Waals surface area contributed by atoms with Crippen molar-refractivity contribution in [3.05, 3.63) is 30.1 Å². The maximum absolute atomic E-state index is 12.8. The van der Waals surface area contributed by atoms with Gasteiger partial charge >= 0.3 is 6.18 Å². The summed E-state index contributed by atoms with van der Waals surface area (Å²) in [5, 5.41) is -1.03. The Hall–Kier alpha value is -1.37. The van der Waals surface area contributed by atoms with Crippen LogP contribution < -0.4 is 0 Å². The van der Waals surface area contributed by atoms with Crippen LogP contribution in [0.15, 0.2) is 24.4 Å². The van der Waals surface area contributed by atoms with E-state index in [1.807, 2.05) is 0 Å². The van der Waals surface area contributed by atoms with E-state index in [9.17, 15) is 22.8 Å². The minimum atomic E-state index is -4.72. The van der Waals surface area contributed by atoms with Gasteiger partial charge in [0.15, 0.2) is 5.78 Å². The highest BCUT2D eigenvalue weighted by Crippen LogP contribution is 2.33. The van der Waals surface area contributed by atoms with Gasteiger partial charge in [-0.15, -0.1) is 0 Å². The molecule has 0 N–H and O–H groups in total. The van der Waals surface area contributed by atoms with Crippen molar-refractivity contribution >= 4 is 22.7 Å². The maximum Gasteiger partial charge on any atom is 0.399 e. The van der Waals surface area contributed by atoms with Crippen LogP contribution in [-0.2, 0) is 4.79 Å². The monoisotopic (exact) mass is 291 g/mol. The molecule has 0 spiro atoms. The van der Waals surface area contributed by atoms with Gasteiger partial charge in [0.1, 0.15) is 11.6 Å². The van der Waals surface area contributed by atoms with Gasteiger partial charge in [0.2, 0.25) is 5.12 Å². The first-order chi connectivity index (χ1) is 8.86. The number of Topliss-reactive ketones (excluding diaryl/α,β-unsaturated/α-hetero) is 1. The van der Waals surface area contributed by atoms with Gasteiger partial charge in [-0.25, -0.2) is 0 Å². The molecule has 0 saturated heterocycles. The lowest BCUT2D eigenvalue weighted by Gasteiger charge is -2.17. The highest BCUT2D eigenvalue weighted by Gasteiger charge is 2.45. The molecule has 0 aromatic carbocycles. The number of hydrogen-bond acceptors (Lipinski definition) is 4. The van der Waals surface area contributed by atoms with Crippen molar-refractivity contribution in [2.45, 2.75) is 19.5 Å². The zero-order chi connectivity index (χ0) is 14.5. The number of halogens is 3. The molecule has 0 radical (unpaired) electrons. The Labute approximate surface area is 112 Å². The summed E-state index contributed by atoms with van der Waals surface area (Å²) in [6, 6.07) is 4.38. The van der Waals surface area contributed by atoms with Crippen LogP contribution >= 0.6 is 11.8 Å². The van der Waals surface area contributed by atoms with Gasteiger partial charge in [0.25, 0.3) is 0 Å². The van der Waals surface area contributed by atoms with Crippen LogP contribution in [0.5, 0.6) is 0 Å². The predicted molar refractivity (Wildman–Crippen MR) is 65.9 cm³/mol. The third kappa shape index (κ3) is 4.66. The maximum atomic E-state index is 12.8. The van der Waals surface area contributed by atoms with E-state index in [4.69, 9.17) is 0 Å². The number of rotatable bonds is 5. The van der Waals surface area contributed by atoms with E-state index in [2.05, 4.69) is 4.98 Å². The molecular formula is C12H12F3NO2S. The van der Waals surface area contributed by atoms with Crippen molar-refractivity contribution in [3.8, 4) is 0 Å². The van der Waals surface area contributed by atoms with Crippen molar-refractivity contribution in [1.82, 2.24) is 4.98 Å². The smallest absolute Gasteiger partial charge is 0.292 e. The molecule has 1 aromatic heterocycles. The van der Waals surface area contributed by atoms with Crippen LogP contribution in [0.3, 0.4) is 0 Å². The average Bonchev–Trinajstić information content (AvgIpc) is 2.35. The van der Waals surface area contributed by atoms with Crippen LogP contribution in [0.25, 0.3) is 0 Å². The molecular weight excluding hydrogens is 279 g/mol. The zero-order valence-corrected chi connectivity index (χ0v) is 10.9. The number of aromatic nitrogens is 1. The minimum absolute atomic E-state index is 0.0638. The summed E-state index contributed by atoms with van der Waals surface area (Å²) in [4.78, 5) is 26.8. The molecule has 7 heteroatoms. The van der Waals surface area contributed by atoms with Gasteiger partial charge in [-0.05, 0) is 17.9 Å².